The maximum Gasteiger partial charge on any atom is 0.305 e. The Morgan fingerprint density at radius 1 is 1.56 bits per heavy atom. The number of carbonyl (C=O) groups is 1. The van der Waals surface area contributed by atoms with Crippen LogP contribution in [-0.2, 0) is 9.53 Å². The summed E-state index contributed by atoms with van der Waals surface area (Å²) in [6.45, 7) is 0. The molecule has 1 unspecified atom stereocenters. The average molecular weight is 217 g/mol. The van der Waals surface area contributed by atoms with E-state index in [0.29, 0.717) is 12.8 Å². The van der Waals surface area contributed by atoms with Crippen molar-refractivity contribution in [2.45, 2.75) is 18.9 Å². The molecule has 0 amide bonds. The van der Waals surface area contributed by atoms with E-state index in [2.05, 4.69) is 10.7 Å². The largest absolute Gasteiger partial charge is 0.469 e. The lowest BCUT2D eigenvalue weighted by molar-refractivity contribution is -0.140. The Hall–Kier alpha value is -1.79. The second-order valence-electron chi connectivity index (χ2n) is 3.45. The number of methoxy groups -OCH3 is 1. The molecule has 0 saturated heterocycles. The minimum atomic E-state index is -0.256. The number of hydrogen-bond donors (Lipinski definition) is 1. The summed E-state index contributed by atoms with van der Waals surface area (Å²) in [4.78, 5) is 11.0. The van der Waals surface area contributed by atoms with Crippen LogP contribution >= 0.6 is 0 Å². The zero-order valence-corrected chi connectivity index (χ0v) is 9.27. The van der Waals surface area contributed by atoms with Gasteiger partial charge in [-0.1, -0.05) is 24.1 Å². The highest BCUT2D eigenvalue weighted by Crippen LogP contribution is 2.19. The third-order valence-corrected chi connectivity index (χ3v) is 2.40. The van der Waals surface area contributed by atoms with Crippen molar-refractivity contribution in [1.29, 1.82) is 0 Å². The highest BCUT2D eigenvalue weighted by Gasteiger charge is 2.11. The van der Waals surface area contributed by atoms with Gasteiger partial charge in [-0.05, 0) is 18.1 Å². The van der Waals surface area contributed by atoms with Crippen LogP contribution in [0.4, 0.5) is 0 Å². The zero-order valence-electron chi connectivity index (χ0n) is 9.27. The maximum absolute atomic E-state index is 11.0. The Balaban J connectivity index is 2.70. The highest BCUT2D eigenvalue weighted by molar-refractivity contribution is 5.69. The molecule has 1 aromatic rings. The number of nitrogens with two attached hydrogens (primary N) is 1. The molecule has 0 bridgehead atoms. The smallest absolute Gasteiger partial charge is 0.305 e. The molecule has 84 valence electrons. The van der Waals surface area contributed by atoms with E-state index in [1.165, 1.54) is 7.11 Å². The van der Waals surface area contributed by atoms with E-state index in [0.717, 1.165) is 11.1 Å². The second-order valence-corrected chi connectivity index (χ2v) is 3.45. The minimum absolute atomic E-state index is 0.230. The van der Waals surface area contributed by atoms with Gasteiger partial charge in [0, 0.05) is 18.0 Å². The molecule has 0 aliphatic rings. The van der Waals surface area contributed by atoms with Crippen LogP contribution in [0.2, 0.25) is 0 Å². The molecular weight excluding hydrogens is 202 g/mol. The van der Waals surface area contributed by atoms with Gasteiger partial charge in [0.2, 0.25) is 0 Å². The van der Waals surface area contributed by atoms with Crippen molar-refractivity contribution in [2.75, 3.05) is 7.11 Å². The van der Waals surface area contributed by atoms with Crippen molar-refractivity contribution in [3.05, 3.63) is 35.4 Å². The fraction of sp³-hybridized carbons (Fsp3) is 0.308. The predicted molar refractivity (Wildman–Crippen MR) is 62.6 cm³/mol. The number of hydrogen-bond acceptors (Lipinski definition) is 3. The number of carbonyl (C=O) groups excluding carboxylic acids is 1. The monoisotopic (exact) mass is 217 g/mol. The van der Waals surface area contributed by atoms with Crippen molar-refractivity contribution in [3.63, 3.8) is 0 Å². The predicted octanol–water partition coefficient (Wildman–Crippen LogP) is 1.62. The average Bonchev–Trinajstić information content (AvgIpc) is 2.35. The van der Waals surface area contributed by atoms with Crippen LogP contribution in [0.5, 0.6) is 0 Å². The van der Waals surface area contributed by atoms with Crippen molar-refractivity contribution in [2.24, 2.45) is 5.73 Å². The van der Waals surface area contributed by atoms with E-state index in [1.54, 1.807) is 0 Å². The Morgan fingerprint density at radius 3 is 2.88 bits per heavy atom. The van der Waals surface area contributed by atoms with Gasteiger partial charge in [-0.15, -0.1) is 6.42 Å². The lowest BCUT2D eigenvalue weighted by Gasteiger charge is -2.13. The van der Waals surface area contributed by atoms with Crippen LogP contribution in [-0.4, -0.2) is 13.1 Å². The van der Waals surface area contributed by atoms with Crippen molar-refractivity contribution < 1.29 is 9.53 Å². The number of ether oxygens (including phenoxy) is 1. The molecule has 1 aromatic carbocycles. The van der Waals surface area contributed by atoms with Crippen molar-refractivity contribution in [3.8, 4) is 12.3 Å². The Kier molecular flexibility index (Phi) is 4.56. The number of terminal acetylenes is 1. The van der Waals surface area contributed by atoms with Crippen LogP contribution in [0.3, 0.4) is 0 Å². The first-order valence-electron chi connectivity index (χ1n) is 5.07. The van der Waals surface area contributed by atoms with Crippen LogP contribution in [0.25, 0.3) is 0 Å². The molecule has 0 fully saturated rings. The van der Waals surface area contributed by atoms with Gasteiger partial charge in [-0.2, -0.15) is 0 Å². The molecule has 16 heavy (non-hydrogen) atoms. The number of benzene rings is 1. The molecule has 2 N–H and O–H groups in total. The van der Waals surface area contributed by atoms with E-state index >= 15 is 0 Å². The van der Waals surface area contributed by atoms with E-state index in [-0.39, 0.29) is 12.0 Å². The molecule has 0 heterocycles. The second kappa shape index (κ2) is 5.94. The molecule has 3 heteroatoms. The van der Waals surface area contributed by atoms with Gasteiger partial charge in [0.15, 0.2) is 0 Å². The fourth-order valence-corrected chi connectivity index (χ4v) is 1.48. The van der Waals surface area contributed by atoms with E-state index in [1.807, 2.05) is 24.3 Å². The topological polar surface area (TPSA) is 52.3 Å². The first-order valence-corrected chi connectivity index (χ1v) is 5.07. The summed E-state index contributed by atoms with van der Waals surface area (Å²) in [5.41, 5.74) is 7.65. The van der Waals surface area contributed by atoms with Gasteiger partial charge in [-0.3, -0.25) is 4.79 Å². The van der Waals surface area contributed by atoms with Crippen LogP contribution in [0.15, 0.2) is 24.3 Å². The molecule has 0 aliphatic heterocycles. The van der Waals surface area contributed by atoms with Gasteiger partial charge < -0.3 is 10.5 Å². The van der Waals surface area contributed by atoms with E-state index in [9.17, 15) is 4.79 Å². The quantitative estimate of drug-likeness (QED) is 0.616. The SMILES string of the molecule is C#Cc1ccccc1C(N)CCC(=O)OC. The summed E-state index contributed by atoms with van der Waals surface area (Å²) >= 11 is 0. The Labute approximate surface area is 95.6 Å². The van der Waals surface area contributed by atoms with E-state index < -0.39 is 0 Å². The van der Waals surface area contributed by atoms with Crippen molar-refractivity contribution in [1.82, 2.24) is 0 Å². The summed E-state index contributed by atoms with van der Waals surface area (Å²) in [5, 5.41) is 0. The van der Waals surface area contributed by atoms with Crippen LogP contribution < -0.4 is 5.73 Å². The molecule has 1 atom stereocenters. The van der Waals surface area contributed by atoms with Gasteiger partial charge in [0.05, 0.1) is 7.11 Å². The summed E-state index contributed by atoms with van der Waals surface area (Å²) in [7, 11) is 1.36. The Morgan fingerprint density at radius 2 is 2.25 bits per heavy atom. The van der Waals surface area contributed by atoms with Gasteiger partial charge in [-0.25, -0.2) is 0 Å². The lowest BCUT2D eigenvalue weighted by atomic mass is 9.98. The molecule has 0 saturated carbocycles. The summed E-state index contributed by atoms with van der Waals surface area (Å²) in [5.74, 6) is 2.33. The molecule has 0 spiro atoms. The summed E-state index contributed by atoms with van der Waals surface area (Å²) in [6, 6.07) is 7.25. The van der Waals surface area contributed by atoms with Crippen molar-refractivity contribution >= 4 is 5.97 Å². The highest BCUT2D eigenvalue weighted by atomic mass is 16.5. The molecule has 0 aromatic heterocycles. The van der Waals surface area contributed by atoms with E-state index in [4.69, 9.17) is 12.2 Å². The van der Waals surface area contributed by atoms with Gasteiger partial charge in [0.1, 0.15) is 0 Å². The summed E-state index contributed by atoms with van der Waals surface area (Å²) in [6.07, 6.45) is 6.21. The molecule has 3 nitrogen and oxygen atoms in total. The molecule has 0 radical (unpaired) electrons. The normalized spacial score (nSPS) is 11.6. The van der Waals surface area contributed by atoms with Gasteiger partial charge >= 0.3 is 5.97 Å². The third kappa shape index (κ3) is 3.11. The Bertz CT molecular complexity index is 407. The van der Waals surface area contributed by atoms with Gasteiger partial charge in [0.25, 0.3) is 0 Å². The standard InChI is InChI=1S/C13H15NO2/c1-3-10-6-4-5-7-11(10)12(14)8-9-13(15)16-2/h1,4-7,12H,8-9,14H2,2H3. The first kappa shape index (κ1) is 12.3. The lowest BCUT2D eigenvalue weighted by Crippen LogP contribution is -2.14. The number of rotatable bonds is 4. The zero-order chi connectivity index (χ0) is 12.0. The van der Waals surface area contributed by atoms with Crippen LogP contribution in [0.1, 0.15) is 30.0 Å². The molecular formula is C13H15NO2. The molecule has 1 rings (SSSR count). The minimum Gasteiger partial charge on any atom is -0.469 e. The molecule has 0 aliphatic carbocycles. The third-order valence-electron chi connectivity index (χ3n) is 2.40. The number of esters is 1. The summed E-state index contributed by atoms with van der Waals surface area (Å²) < 4.78 is 4.56. The fourth-order valence-electron chi connectivity index (χ4n) is 1.48. The maximum atomic E-state index is 11.0. The van der Waals surface area contributed by atoms with Crippen LogP contribution in [0, 0.1) is 12.3 Å². The first-order chi connectivity index (χ1) is 7.69.